The molecule has 36 heavy (non-hydrogen) atoms. The number of aryl methyl sites for hydroxylation is 1. The van der Waals surface area contributed by atoms with Gasteiger partial charge in [-0.2, -0.15) is 4.31 Å². The SMILES string of the molecule is COC[C@@H]1[C@@H](c2ccc(-c3cccc(C)c3C)cc2)C2CN(S(=O)(=O)C3CCNN3C)CCCCN21. The molecule has 2 aromatic carbocycles. The van der Waals surface area contributed by atoms with Gasteiger partial charge in [0.05, 0.1) is 6.61 Å². The summed E-state index contributed by atoms with van der Waals surface area (Å²) < 4.78 is 34.7. The predicted octanol–water partition coefficient (Wildman–Crippen LogP) is 3.35. The summed E-state index contributed by atoms with van der Waals surface area (Å²) >= 11 is 0. The lowest BCUT2D eigenvalue weighted by Gasteiger charge is -2.57. The molecule has 0 bridgehead atoms. The van der Waals surface area contributed by atoms with Crippen molar-refractivity contribution >= 4 is 10.0 Å². The van der Waals surface area contributed by atoms with Crippen molar-refractivity contribution in [1.82, 2.24) is 19.6 Å². The van der Waals surface area contributed by atoms with Crippen LogP contribution < -0.4 is 5.43 Å². The maximum absolute atomic E-state index is 13.7. The molecule has 0 amide bonds. The minimum Gasteiger partial charge on any atom is -0.383 e. The Labute approximate surface area is 216 Å². The van der Waals surface area contributed by atoms with Crippen molar-refractivity contribution < 1.29 is 13.2 Å². The fraction of sp³-hybridized carbons (Fsp3) is 0.571. The summed E-state index contributed by atoms with van der Waals surface area (Å²) in [5, 5.41) is 1.28. The van der Waals surface area contributed by atoms with E-state index in [0.29, 0.717) is 32.7 Å². The van der Waals surface area contributed by atoms with Crippen molar-refractivity contribution in [3.63, 3.8) is 0 Å². The van der Waals surface area contributed by atoms with Crippen LogP contribution in [0.3, 0.4) is 0 Å². The van der Waals surface area contributed by atoms with Crippen LogP contribution >= 0.6 is 0 Å². The first kappa shape index (κ1) is 25.8. The zero-order valence-electron chi connectivity index (χ0n) is 22.0. The zero-order valence-corrected chi connectivity index (χ0v) is 22.8. The topological polar surface area (TPSA) is 65.1 Å². The van der Waals surface area contributed by atoms with Gasteiger partial charge < -0.3 is 4.74 Å². The highest BCUT2D eigenvalue weighted by Crippen LogP contribution is 2.43. The third kappa shape index (κ3) is 4.64. The van der Waals surface area contributed by atoms with Gasteiger partial charge in [0.25, 0.3) is 0 Å². The Bertz CT molecular complexity index is 1170. The first-order valence-corrected chi connectivity index (χ1v) is 14.7. The highest BCUT2D eigenvalue weighted by molar-refractivity contribution is 7.89. The molecule has 2 unspecified atom stereocenters. The number of hydrogen-bond donors (Lipinski definition) is 1. The van der Waals surface area contributed by atoms with Crippen LogP contribution in [0.5, 0.6) is 0 Å². The maximum Gasteiger partial charge on any atom is 0.231 e. The van der Waals surface area contributed by atoms with Crippen LogP contribution in [0.1, 0.15) is 41.9 Å². The number of nitrogens with one attached hydrogen (secondary N) is 1. The average molecular weight is 513 g/mol. The van der Waals surface area contributed by atoms with E-state index in [-0.39, 0.29) is 18.0 Å². The molecule has 4 atom stereocenters. The normalized spacial score (nSPS) is 28.3. The van der Waals surface area contributed by atoms with Gasteiger partial charge in [0.1, 0.15) is 5.37 Å². The van der Waals surface area contributed by atoms with Crippen LogP contribution in [0.4, 0.5) is 0 Å². The molecule has 3 aliphatic heterocycles. The van der Waals surface area contributed by atoms with Gasteiger partial charge in [0, 0.05) is 51.8 Å². The Morgan fingerprint density at radius 3 is 2.50 bits per heavy atom. The van der Waals surface area contributed by atoms with Gasteiger partial charge in [0.15, 0.2) is 0 Å². The molecule has 3 heterocycles. The summed E-state index contributed by atoms with van der Waals surface area (Å²) in [5.74, 6) is 0.243. The van der Waals surface area contributed by atoms with E-state index in [1.807, 2.05) is 7.05 Å². The van der Waals surface area contributed by atoms with E-state index in [1.165, 1.54) is 27.8 Å². The predicted molar refractivity (Wildman–Crippen MR) is 144 cm³/mol. The number of hydrogen-bond acceptors (Lipinski definition) is 6. The largest absolute Gasteiger partial charge is 0.383 e. The maximum atomic E-state index is 13.7. The summed E-state index contributed by atoms with van der Waals surface area (Å²) in [7, 11) is 0.178. The molecule has 0 saturated carbocycles. The first-order valence-electron chi connectivity index (χ1n) is 13.2. The van der Waals surface area contributed by atoms with Gasteiger partial charge >= 0.3 is 0 Å². The third-order valence-corrected chi connectivity index (χ3v) is 10.9. The van der Waals surface area contributed by atoms with E-state index in [2.05, 4.69) is 66.6 Å². The number of rotatable bonds is 6. The van der Waals surface area contributed by atoms with Gasteiger partial charge in [-0.25, -0.2) is 13.4 Å². The molecule has 8 heteroatoms. The fourth-order valence-corrected chi connectivity index (χ4v) is 8.40. The third-order valence-electron chi connectivity index (χ3n) is 8.58. The van der Waals surface area contributed by atoms with Crippen LogP contribution in [-0.2, 0) is 14.8 Å². The van der Waals surface area contributed by atoms with E-state index in [1.54, 1.807) is 16.4 Å². The van der Waals surface area contributed by atoms with Crippen molar-refractivity contribution in [1.29, 1.82) is 0 Å². The first-order chi connectivity index (χ1) is 17.3. The molecular formula is C28H40N4O3S. The highest BCUT2D eigenvalue weighted by Gasteiger charge is 2.51. The number of ether oxygens (including phenoxy) is 1. The highest BCUT2D eigenvalue weighted by atomic mass is 32.2. The Hall–Kier alpha value is -1.81. The fourth-order valence-electron chi connectivity index (χ4n) is 6.42. The monoisotopic (exact) mass is 512 g/mol. The van der Waals surface area contributed by atoms with E-state index in [9.17, 15) is 8.42 Å². The van der Waals surface area contributed by atoms with Crippen LogP contribution in [0.15, 0.2) is 42.5 Å². The van der Waals surface area contributed by atoms with Gasteiger partial charge in [-0.1, -0.05) is 42.5 Å². The number of hydrazine groups is 1. The summed E-state index contributed by atoms with van der Waals surface area (Å²) in [6.07, 6.45) is 2.51. The molecule has 0 radical (unpaired) electrons. The second-order valence-electron chi connectivity index (χ2n) is 10.6. The molecule has 1 N–H and O–H groups in total. The van der Waals surface area contributed by atoms with Crippen LogP contribution in [0, 0.1) is 13.8 Å². The molecule has 0 aromatic heterocycles. The Balaban J connectivity index is 1.42. The van der Waals surface area contributed by atoms with Crippen molar-refractivity contribution in [3.05, 3.63) is 59.2 Å². The lowest BCUT2D eigenvalue weighted by molar-refractivity contribution is -0.0636. The molecule has 196 valence electrons. The molecule has 0 spiro atoms. The smallest absolute Gasteiger partial charge is 0.231 e. The van der Waals surface area contributed by atoms with E-state index < -0.39 is 15.4 Å². The Kier molecular flexibility index (Phi) is 7.54. The molecule has 2 aromatic rings. The number of fused-ring (bicyclic) bond motifs is 1. The van der Waals surface area contributed by atoms with Crippen molar-refractivity contribution in [2.24, 2.45) is 0 Å². The second-order valence-corrected chi connectivity index (χ2v) is 12.7. The lowest BCUT2D eigenvalue weighted by atomic mass is 9.74. The number of methoxy groups -OCH3 is 1. The van der Waals surface area contributed by atoms with Crippen LogP contribution in [0.2, 0.25) is 0 Å². The van der Waals surface area contributed by atoms with Gasteiger partial charge in [-0.15, -0.1) is 0 Å². The molecule has 5 rings (SSSR count). The van der Waals surface area contributed by atoms with Gasteiger partial charge in [-0.05, 0) is 67.5 Å². The van der Waals surface area contributed by atoms with Crippen LogP contribution in [0.25, 0.3) is 11.1 Å². The zero-order chi connectivity index (χ0) is 25.4. The van der Waals surface area contributed by atoms with Crippen molar-refractivity contribution in [2.75, 3.05) is 46.9 Å². The molecule has 0 aliphatic carbocycles. The average Bonchev–Trinajstić information content (AvgIpc) is 3.29. The van der Waals surface area contributed by atoms with Gasteiger partial charge in [-0.3, -0.25) is 10.3 Å². The van der Waals surface area contributed by atoms with Crippen LogP contribution in [-0.4, -0.2) is 87.0 Å². The Morgan fingerprint density at radius 2 is 1.81 bits per heavy atom. The van der Waals surface area contributed by atoms with E-state index in [4.69, 9.17) is 4.74 Å². The second kappa shape index (κ2) is 10.5. The Morgan fingerprint density at radius 1 is 1.06 bits per heavy atom. The quantitative estimate of drug-likeness (QED) is 0.641. The van der Waals surface area contributed by atoms with Crippen molar-refractivity contribution in [2.45, 2.75) is 56.5 Å². The van der Waals surface area contributed by atoms with E-state index in [0.717, 1.165) is 19.4 Å². The summed E-state index contributed by atoms with van der Waals surface area (Å²) in [4.78, 5) is 2.49. The molecule has 3 saturated heterocycles. The number of benzene rings is 2. The molecule has 3 aliphatic rings. The lowest BCUT2D eigenvalue weighted by Crippen LogP contribution is -2.68. The molecule has 3 fully saturated rings. The van der Waals surface area contributed by atoms with Crippen molar-refractivity contribution in [3.8, 4) is 11.1 Å². The number of sulfonamides is 1. The molecule has 7 nitrogen and oxygen atoms in total. The minimum atomic E-state index is -3.42. The summed E-state index contributed by atoms with van der Waals surface area (Å²) in [5.41, 5.74) is 9.52. The van der Waals surface area contributed by atoms with Gasteiger partial charge in [0.2, 0.25) is 10.0 Å². The standard InChI is InChI=1S/C28H40N4O3S/c1-20-8-7-9-24(21(20)2)22-10-12-23(13-11-22)28-25-18-31(36(33,34)27-14-15-29-30(27)3)16-5-6-17-32(25)26(28)19-35-4/h7-13,25-29H,5-6,14-19H2,1-4H3/t25?,26-,27?,28+/m1/s1. The summed E-state index contributed by atoms with van der Waals surface area (Å²) in [6, 6.07) is 15.8. The number of nitrogens with zero attached hydrogens (tertiary/aromatic N) is 3. The minimum absolute atomic E-state index is 0.159. The molecular weight excluding hydrogens is 472 g/mol. The summed E-state index contributed by atoms with van der Waals surface area (Å²) in [6.45, 7) is 7.82. The van der Waals surface area contributed by atoms with E-state index >= 15 is 0 Å².